The largest absolute Gasteiger partial charge is 0.504 e. The van der Waals surface area contributed by atoms with Crippen LogP contribution in [0.15, 0.2) is 59.2 Å². The number of methoxy groups -OCH3 is 1. The van der Waals surface area contributed by atoms with Gasteiger partial charge in [0.1, 0.15) is 0 Å². The van der Waals surface area contributed by atoms with E-state index in [0.29, 0.717) is 28.6 Å². The highest BCUT2D eigenvalue weighted by molar-refractivity contribution is 14.1. The molecule has 4 aliphatic rings. The molecule has 11 heteroatoms. The van der Waals surface area contributed by atoms with Crippen LogP contribution in [-0.2, 0) is 20.8 Å². The van der Waals surface area contributed by atoms with Crippen molar-refractivity contribution < 1.29 is 34.2 Å². The summed E-state index contributed by atoms with van der Waals surface area (Å²) in [5, 5.41) is 31.8. The lowest BCUT2D eigenvalue weighted by Gasteiger charge is -2.43. The van der Waals surface area contributed by atoms with Crippen molar-refractivity contribution in [2.75, 3.05) is 26.8 Å². The molecule has 3 aliphatic heterocycles. The molecule has 0 unspecified atom stereocenters. The van der Waals surface area contributed by atoms with E-state index in [1.165, 1.54) is 18.2 Å². The molecule has 1 aliphatic carbocycles. The Morgan fingerprint density at radius 1 is 1.10 bits per heavy atom. The lowest BCUT2D eigenvalue weighted by Crippen LogP contribution is -2.48. The molecule has 0 aromatic heterocycles. The van der Waals surface area contributed by atoms with Gasteiger partial charge in [-0.25, -0.2) is 0 Å². The molecule has 0 bridgehead atoms. The van der Waals surface area contributed by atoms with Crippen molar-refractivity contribution in [2.45, 2.75) is 76.9 Å². The first-order chi connectivity index (χ1) is 23.2. The van der Waals surface area contributed by atoms with Crippen molar-refractivity contribution in [2.24, 2.45) is 17.8 Å². The number of ether oxygens (including phenoxy) is 1. The van der Waals surface area contributed by atoms with Crippen LogP contribution in [0, 0.1) is 21.3 Å². The molecule has 9 nitrogen and oxygen atoms in total. The molecule has 3 N–H and O–H groups in total. The van der Waals surface area contributed by atoms with Gasteiger partial charge in [0.05, 0.1) is 35.2 Å². The summed E-state index contributed by atoms with van der Waals surface area (Å²) >= 11 is 2.09. The van der Waals surface area contributed by atoms with Gasteiger partial charge in [-0.1, -0.05) is 55.3 Å². The minimum absolute atomic E-state index is 0.119. The summed E-state index contributed by atoms with van der Waals surface area (Å²) in [5.74, 6) is -1.10. The number of aliphatic hydroxyl groups is 1. The maximum atomic E-state index is 14.2. The Labute approximate surface area is 297 Å². The van der Waals surface area contributed by atoms with E-state index in [9.17, 15) is 24.8 Å². The summed E-state index contributed by atoms with van der Waals surface area (Å²) in [4.78, 5) is 32.1. The Bertz CT molecular complexity index is 1560. The number of benzene rings is 2. The van der Waals surface area contributed by atoms with Gasteiger partial charge < -0.3 is 24.6 Å². The van der Waals surface area contributed by atoms with E-state index in [-0.39, 0.29) is 42.5 Å². The summed E-state index contributed by atoms with van der Waals surface area (Å²) < 4.78 is 12.2. The van der Waals surface area contributed by atoms with Crippen LogP contribution in [0.4, 0.5) is 0 Å². The monoisotopic (exact) mass is 768 g/mol. The topological polar surface area (TPSA) is 120 Å². The zero-order chi connectivity index (χ0) is 33.9. The molecule has 3 fully saturated rings. The summed E-state index contributed by atoms with van der Waals surface area (Å²) in [6.07, 6.45) is 6.80. The lowest BCUT2D eigenvalue weighted by molar-refractivity contribution is -0.144. The number of aliphatic hydroxyl groups excluding tert-OH is 1. The lowest BCUT2D eigenvalue weighted by atomic mass is 9.58. The predicted octanol–water partition coefficient (Wildman–Crippen LogP) is 5.42. The summed E-state index contributed by atoms with van der Waals surface area (Å²) in [6, 6.07) is 14.0. The van der Waals surface area contributed by atoms with Gasteiger partial charge in [0.15, 0.2) is 11.5 Å². The molecule has 3 saturated heterocycles. The normalized spacial score (nSPS) is 25.5. The van der Waals surface area contributed by atoms with Gasteiger partial charge in [0.25, 0.3) is 0 Å². The average Bonchev–Trinajstić information content (AvgIpc) is 3.34. The van der Waals surface area contributed by atoms with Crippen molar-refractivity contribution in [1.82, 2.24) is 9.80 Å². The van der Waals surface area contributed by atoms with Crippen molar-refractivity contribution in [3.8, 4) is 11.5 Å². The van der Waals surface area contributed by atoms with Gasteiger partial charge >= 0.3 is 7.12 Å². The molecule has 3 heterocycles. The van der Waals surface area contributed by atoms with Crippen LogP contribution < -0.4 is 4.74 Å². The van der Waals surface area contributed by atoms with Crippen LogP contribution in [0.5, 0.6) is 11.5 Å². The minimum atomic E-state index is -1.05. The molecule has 6 rings (SSSR count). The van der Waals surface area contributed by atoms with Crippen LogP contribution in [-0.4, -0.2) is 82.9 Å². The fraction of sp³-hybridized carbons (Fsp3) is 0.514. The van der Waals surface area contributed by atoms with Crippen LogP contribution in [0.2, 0.25) is 6.32 Å². The summed E-state index contributed by atoms with van der Waals surface area (Å²) in [7, 11) is 0.481. The molecule has 4 atom stereocenters. The van der Waals surface area contributed by atoms with E-state index in [1.54, 1.807) is 4.90 Å². The SMILES string of the molecule is CCC/C(=C\c1cc(I)c(O)c(OC)c1)CC[C@H]1OB(O)C[C@H]2C1=C(CO)C[C@H]1C(=O)N(C3CCN(Cc4ccccc4)CC3)C(=O)[C@H]12. The molecule has 0 spiro atoms. The number of hydrogen-bond acceptors (Lipinski definition) is 8. The Morgan fingerprint density at radius 3 is 2.54 bits per heavy atom. The van der Waals surface area contributed by atoms with Crippen LogP contribution in [0.3, 0.4) is 0 Å². The Kier molecular flexibility index (Phi) is 11.3. The highest BCUT2D eigenvalue weighted by atomic mass is 127. The van der Waals surface area contributed by atoms with Crippen LogP contribution in [0.25, 0.3) is 6.08 Å². The standard InChI is InChI=1S/C37H46BIN2O7/c1-3-7-23(16-25-17-30(39)35(43)32(18-25)47-2)10-11-31-33-26(22-42)19-28-34(29(33)20-38(46)48-31)37(45)41(36(28)44)27-12-14-40(15-13-27)21-24-8-5-4-6-9-24/h4-6,8-9,16-18,27-29,31,34,42-43,46H,3,7,10-15,19-22H2,1-2H3/b23-16+/t28-,29+,31-,34-/m1/s1. The number of allylic oxidation sites excluding steroid dienone is 1. The maximum absolute atomic E-state index is 14.2. The van der Waals surface area contributed by atoms with E-state index in [4.69, 9.17) is 9.39 Å². The van der Waals surface area contributed by atoms with Crippen LogP contribution >= 0.6 is 22.6 Å². The minimum Gasteiger partial charge on any atom is -0.504 e. The number of likely N-dealkylation sites (tertiary alicyclic amines) is 2. The fourth-order valence-electron chi connectivity index (χ4n) is 8.45. The maximum Gasteiger partial charge on any atom is 0.455 e. The fourth-order valence-corrected chi connectivity index (χ4v) is 9.07. The Morgan fingerprint density at radius 2 is 1.85 bits per heavy atom. The molecule has 256 valence electrons. The van der Waals surface area contributed by atoms with Gasteiger partial charge in [0, 0.05) is 25.7 Å². The molecule has 2 aromatic rings. The van der Waals surface area contributed by atoms with Crippen LogP contribution in [0.1, 0.15) is 63.0 Å². The third kappa shape index (κ3) is 7.26. The van der Waals surface area contributed by atoms with E-state index >= 15 is 0 Å². The number of imide groups is 1. The smallest absolute Gasteiger partial charge is 0.455 e. The molecule has 0 saturated carbocycles. The molecular weight excluding hydrogens is 722 g/mol. The highest BCUT2D eigenvalue weighted by Gasteiger charge is 2.58. The number of rotatable bonds is 11. The number of amides is 2. The zero-order valence-electron chi connectivity index (χ0n) is 27.8. The van der Waals surface area contributed by atoms with Crippen molar-refractivity contribution in [3.05, 3.63) is 73.9 Å². The Hall–Kier alpha value is -2.71. The summed E-state index contributed by atoms with van der Waals surface area (Å²) in [6.45, 7) is 4.42. The molecule has 48 heavy (non-hydrogen) atoms. The van der Waals surface area contributed by atoms with Crippen molar-refractivity contribution in [3.63, 3.8) is 0 Å². The highest BCUT2D eigenvalue weighted by Crippen LogP contribution is 2.51. The van der Waals surface area contributed by atoms with Gasteiger partial charge in [0.2, 0.25) is 11.8 Å². The van der Waals surface area contributed by atoms with Gasteiger partial charge in [-0.05, 0) is 108 Å². The third-order valence-corrected chi connectivity index (χ3v) is 11.5. The van der Waals surface area contributed by atoms with Crippen molar-refractivity contribution in [1.29, 1.82) is 0 Å². The number of hydrogen-bond donors (Lipinski definition) is 3. The second kappa shape index (κ2) is 15.5. The van der Waals surface area contributed by atoms with E-state index < -0.39 is 25.1 Å². The first-order valence-electron chi connectivity index (χ1n) is 17.3. The van der Waals surface area contributed by atoms with Crippen molar-refractivity contribution >= 4 is 47.6 Å². The second-order valence-corrected chi connectivity index (χ2v) is 14.8. The second-order valence-electron chi connectivity index (χ2n) is 13.7. The number of piperidine rings is 1. The summed E-state index contributed by atoms with van der Waals surface area (Å²) in [5.41, 5.74) is 5.06. The van der Waals surface area contributed by atoms with Gasteiger partial charge in [-0.3, -0.25) is 19.4 Å². The van der Waals surface area contributed by atoms with E-state index in [0.717, 1.165) is 62.0 Å². The number of carbonyl (C=O) groups is 2. The van der Waals surface area contributed by atoms with Gasteiger partial charge in [-0.15, -0.1) is 0 Å². The molecular formula is C37H46BIN2O7. The first-order valence-corrected chi connectivity index (χ1v) is 18.4. The molecule has 0 radical (unpaired) electrons. The zero-order valence-corrected chi connectivity index (χ0v) is 30.0. The Balaban J connectivity index is 1.18. The quantitative estimate of drug-likeness (QED) is 0.120. The number of nitrogens with zero attached hydrogens (tertiary/aromatic N) is 2. The number of phenolic OH excluding ortho intramolecular Hbond substituents is 1. The van der Waals surface area contributed by atoms with E-state index in [1.807, 2.05) is 30.3 Å². The molecule has 2 amide bonds. The number of halogens is 1. The average molecular weight is 768 g/mol. The third-order valence-electron chi connectivity index (χ3n) is 10.6. The number of carbonyl (C=O) groups excluding carboxylic acids is 2. The number of fused-ring (bicyclic) bond motifs is 3. The molecule has 2 aromatic carbocycles. The number of phenols is 1. The van der Waals surface area contributed by atoms with E-state index in [2.05, 4.69) is 52.6 Å². The first kappa shape index (κ1) is 35.1. The number of aromatic hydroxyl groups is 1. The van der Waals surface area contributed by atoms with Gasteiger partial charge in [-0.2, -0.15) is 0 Å². The predicted molar refractivity (Wildman–Crippen MR) is 193 cm³/mol.